The Kier molecular flexibility index (Phi) is 3.72. The summed E-state index contributed by atoms with van der Waals surface area (Å²) in [7, 11) is 0. The molecule has 2 rings (SSSR count). The lowest BCUT2D eigenvalue weighted by atomic mass is 10.2. The number of hydrogen-bond acceptors (Lipinski definition) is 3. The smallest absolute Gasteiger partial charge is 0.102 e. The van der Waals surface area contributed by atoms with Crippen LogP contribution in [0.15, 0.2) is 18.3 Å². The molecule has 0 spiro atoms. The van der Waals surface area contributed by atoms with Crippen molar-refractivity contribution >= 4 is 5.69 Å². The van der Waals surface area contributed by atoms with Crippen molar-refractivity contribution in [3.8, 4) is 0 Å². The summed E-state index contributed by atoms with van der Waals surface area (Å²) in [5.41, 5.74) is 2.21. The highest BCUT2D eigenvalue weighted by Crippen LogP contribution is 2.15. The minimum Gasteiger partial charge on any atom is -0.368 e. The molecule has 1 saturated heterocycles. The Morgan fingerprint density at radius 3 is 2.56 bits per heavy atom. The topological polar surface area (TPSA) is 19.4 Å². The molecule has 1 aliphatic heterocycles. The fourth-order valence-corrected chi connectivity index (χ4v) is 2.00. The van der Waals surface area contributed by atoms with Crippen LogP contribution in [0, 0.1) is 6.92 Å². The van der Waals surface area contributed by atoms with Gasteiger partial charge in [-0.15, -0.1) is 0 Å². The number of halogens is 1. The highest BCUT2D eigenvalue weighted by Gasteiger charge is 2.16. The zero-order valence-corrected chi connectivity index (χ0v) is 9.69. The largest absolute Gasteiger partial charge is 0.368 e. The first kappa shape index (κ1) is 11.3. The Balaban J connectivity index is 1.91. The van der Waals surface area contributed by atoms with E-state index in [1.807, 2.05) is 19.2 Å². The number of aromatic nitrogens is 1. The van der Waals surface area contributed by atoms with Gasteiger partial charge in [-0.1, -0.05) is 0 Å². The van der Waals surface area contributed by atoms with Crippen LogP contribution in [0.2, 0.25) is 0 Å². The summed E-state index contributed by atoms with van der Waals surface area (Å²) >= 11 is 0. The molecular formula is C12H18FN3. The molecule has 1 aromatic rings. The molecule has 1 fully saturated rings. The molecule has 0 atom stereocenters. The lowest BCUT2D eigenvalue weighted by Crippen LogP contribution is -2.47. The zero-order valence-electron chi connectivity index (χ0n) is 9.69. The Labute approximate surface area is 95.9 Å². The van der Waals surface area contributed by atoms with Crippen molar-refractivity contribution in [1.82, 2.24) is 9.88 Å². The molecule has 0 saturated carbocycles. The Morgan fingerprint density at radius 2 is 2.00 bits per heavy atom. The van der Waals surface area contributed by atoms with Crippen LogP contribution >= 0.6 is 0 Å². The van der Waals surface area contributed by atoms with E-state index in [9.17, 15) is 4.39 Å². The molecule has 88 valence electrons. The van der Waals surface area contributed by atoms with Crippen LogP contribution in [0.1, 0.15) is 5.69 Å². The third-order valence-corrected chi connectivity index (χ3v) is 3.03. The van der Waals surface area contributed by atoms with Gasteiger partial charge in [-0.25, -0.2) is 4.39 Å². The van der Waals surface area contributed by atoms with Gasteiger partial charge in [0.05, 0.1) is 11.9 Å². The predicted molar refractivity (Wildman–Crippen MR) is 63.6 cm³/mol. The van der Waals surface area contributed by atoms with Crippen LogP contribution in [0.25, 0.3) is 0 Å². The zero-order chi connectivity index (χ0) is 11.4. The van der Waals surface area contributed by atoms with E-state index in [1.54, 1.807) is 0 Å². The van der Waals surface area contributed by atoms with E-state index in [4.69, 9.17) is 0 Å². The van der Waals surface area contributed by atoms with Gasteiger partial charge in [0.1, 0.15) is 6.67 Å². The van der Waals surface area contributed by atoms with Crippen molar-refractivity contribution in [1.29, 1.82) is 0 Å². The van der Waals surface area contributed by atoms with E-state index < -0.39 is 0 Å². The maximum atomic E-state index is 12.2. The summed E-state index contributed by atoms with van der Waals surface area (Å²) < 4.78 is 12.2. The maximum absolute atomic E-state index is 12.2. The minimum absolute atomic E-state index is 0.244. The molecule has 0 amide bonds. The van der Waals surface area contributed by atoms with Gasteiger partial charge < -0.3 is 4.90 Å². The number of piperazine rings is 1. The second-order valence-electron chi connectivity index (χ2n) is 4.18. The first-order valence-electron chi connectivity index (χ1n) is 5.75. The second kappa shape index (κ2) is 5.25. The number of hydrogen-bond donors (Lipinski definition) is 0. The average Bonchev–Trinajstić information content (AvgIpc) is 2.32. The number of alkyl halides is 1. The molecule has 0 unspecified atom stereocenters. The van der Waals surface area contributed by atoms with Gasteiger partial charge in [0.15, 0.2) is 0 Å². The molecular weight excluding hydrogens is 205 g/mol. The van der Waals surface area contributed by atoms with E-state index in [1.165, 1.54) is 5.69 Å². The molecule has 3 nitrogen and oxygen atoms in total. The number of nitrogens with zero attached hydrogens (tertiary/aromatic N) is 3. The van der Waals surface area contributed by atoms with Gasteiger partial charge in [0, 0.05) is 38.4 Å². The minimum atomic E-state index is -0.244. The summed E-state index contributed by atoms with van der Waals surface area (Å²) in [6, 6.07) is 4.14. The molecule has 0 N–H and O–H groups in total. The lowest BCUT2D eigenvalue weighted by molar-refractivity contribution is 0.235. The van der Waals surface area contributed by atoms with Gasteiger partial charge in [0.2, 0.25) is 0 Å². The normalized spacial score (nSPS) is 17.8. The van der Waals surface area contributed by atoms with Crippen molar-refractivity contribution in [3.05, 3.63) is 24.0 Å². The fraction of sp³-hybridized carbons (Fsp3) is 0.583. The molecule has 0 radical (unpaired) electrons. The number of anilines is 1. The standard InChI is InChI=1S/C12H18FN3/c1-11-2-3-12(10-14-11)16-8-6-15(5-4-13)7-9-16/h2-3,10H,4-9H2,1H3. The monoisotopic (exact) mass is 223 g/mol. The van der Waals surface area contributed by atoms with Crippen molar-refractivity contribution < 1.29 is 4.39 Å². The Morgan fingerprint density at radius 1 is 1.25 bits per heavy atom. The Hall–Kier alpha value is -1.16. The van der Waals surface area contributed by atoms with Gasteiger partial charge >= 0.3 is 0 Å². The molecule has 2 heterocycles. The summed E-state index contributed by atoms with van der Waals surface area (Å²) in [5, 5.41) is 0. The third kappa shape index (κ3) is 2.70. The van der Waals surface area contributed by atoms with E-state index in [2.05, 4.69) is 20.9 Å². The van der Waals surface area contributed by atoms with Crippen LogP contribution in [-0.2, 0) is 0 Å². The summed E-state index contributed by atoms with van der Waals surface area (Å²) in [6.45, 7) is 6.13. The SMILES string of the molecule is Cc1ccc(N2CCN(CCF)CC2)cn1. The molecule has 1 aromatic heterocycles. The number of rotatable bonds is 3. The molecule has 0 aliphatic carbocycles. The van der Waals surface area contributed by atoms with Crippen LogP contribution in [0.5, 0.6) is 0 Å². The first-order chi connectivity index (χ1) is 7.79. The first-order valence-corrected chi connectivity index (χ1v) is 5.75. The van der Waals surface area contributed by atoms with Crippen molar-refractivity contribution in [2.45, 2.75) is 6.92 Å². The van der Waals surface area contributed by atoms with Crippen LogP contribution in [0.3, 0.4) is 0 Å². The van der Waals surface area contributed by atoms with Crippen LogP contribution in [-0.4, -0.2) is 49.3 Å². The van der Waals surface area contributed by atoms with Crippen molar-refractivity contribution in [3.63, 3.8) is 0 Å². The van der Waals surface area contributed by atoms with E-state index in [0.717, 1.165) is 31.9 Å². The van der Waals surface area contributed by atoms with Crippen LogP contribution in [0.4, 0.5) is 10.1 Å². The van der Waals surface area contributed by atoms with E-state index >= 15 is 0 Å². The quantitative estimate of drug-likeness (QED) is 0.773. The fourth-order valence-electron chi connectivity index (χ4n) is 2.00. The van der Waals surface area contributed by atoms with Gasteiger partial charge in [-0.3, -0.25) is 9.88 Å². The highest BCUT2D eigenvalue weighted by atomic mass is 19.1. The highest BCUT2D eigenvalue weighted by molar-refractivity contribution is 5.44. The average molecular weight is 223 g/mol. The third-order valence-electron chi connectivity index (χ3n) is 3.03. The van der Waals surface area contributed by atoms with Crippen molar-refractivity contribution in [2.24, 2.45) is 0 Å². The molecule has 16 heavy (non-hydrogen) atoms. The molecule has 4 heteroatoms. The van der Waals surface area contributed by atoms with Gasteiger partial charge in [-0.2, -0.15) is 0 Å². The maximum Gasteiger partial charge on any atom is 0.102 e. The number of pyridine rings is 1. The lowest BCUT2D eigenvalue weighted by Gasteiger charge is -2.35. The van der Waals surface area contributed by atoms with Crippen LogP contribution < -0.4 is 4.90 Å². The van der Waals surface area contributed by atoms with E-state index in [0.29, 0.717) is 6.54 Å². The second-order valence-corrected chi connectivity index (χ2v) is 4.18. The molecule has 0 aromatic carbocycles. The Bertz CT molecular complexity index is 318. The number of aryl methyl sites for hydroxylation is 1. The van der Waals surface area contributed by atoms with Crippen molar-refractivity contribution in [2.75, 3.05) is 44.3 Å². The summed E-state index contributed by atoms with van der Waals surface area (Å²) in [5.74, 6) is 0. The summed E-state index contributed by atoms with van der Waals surface area (Å²) in [6.07, 6.45) is 1.92. The molecule has 1 aliphatic rings. The summed E-state index contributed by atoms with van der Waals surface area (Å²) in [4.78, 5) is 8.77. The van der Waals surface area contributed by atoms with Gasteiger partial charge in [0.25, 0.3) is 0 Å². The predicted octanol–water partition coefficient (Wildman–Crippen LogP) is 1.48. The van der Waals surface area contributed by atoms with Gasteiger partial charge in [-0.05, 0) is 19.1 Å². The molecule has 0 bridgehead atoms. The van der Waals surface area contributed by atoms with E-state index in [-0.39, 0.29) is 6.67 Å².